The van der Waals surface area contributed by atoms with Crippen molar-refractivity contribution in [3.05, 3.63) is 34.7 Å². The molecule has 1 aromatic heterocycles. The van der Waals surface area contributed by atoms with E-state index in [1.807, 2.05) is 4.90 Å². The van der Waals surface area contributed by atoms with E-state index in [1.165, 1.54) is 36.3 Å². The molecule has 0 spiro atoms. The van der Waals surface area contributed by atoms with Crippen molar-refractivity contribution in [2.45, 2.75) is 51.1 Å². The Kier molecular flexibility index (Phi) is 3.90. The van der Waals surface area contributed by atoms with Crippen LogP contribution in [0.25, 0.3) is 0 Å². The Morgan fingerprint density at radius 2 is 1.95 bits per heavy atom. The van der Waals surface area contributed by atoms with Gasteiger partial charge in [0.15, 0.2) is 0 Å². The summed E-state index contributed by atoms with van der Waals surface area (Å²) in [5.74, 6) is 0.795. The van der Waals surface area contributed by atoms with Gasteiger partial charge in [-0.25, -0.2) is 0 Å². The van der Waals surface area contributed by atoms with Crippen LogP contribution in [0, 0.1) is 5.92 Å². The Morgan fingerprint density at radius 3 is 2.80 bits per heavy atom. The van der Waals surface area contributed by atoms with Crippen molar-refractivity contribution in [1.29, 1.82) is 0 Å². The van der Waals surface area contributed by atoms with Gasteiger partial charge in [-0.3, -0.25) is 9.59 Å². The number of hydrogen-bond donors (Lipinski definition) is 0. The third-order valence-electron chi connectivity index (χ3n) is 4.77. The molecule has 0 radical (unpaired) electrons. The van der Waals surface area contributed by atoms with E-state index in [2.05, 4.69) is 0 Å². The van der Waals surface area contributed by atoms with E-state index in [0.717, 1.165) is 19.4 Å². The van der Waals surface area contributed by atoms with Crippen LogP contribution >= 0.6 is 0 Å². The quantitative estimate of drug-likeness (QED) is 0.828. The Labute approximate surface area is 119 Å². The van der Waals surface area contributed by atoms with Gasteiger partial charge in [-0.05, 0) is 37.7 Å². The SMILES string of the molecule is O=C(Cn1ccccc1=O)N1CCC[C@H]2CCCC[C@H]21. The van der Waals surface area contributed by atoms with E-state index in [1.54, 1.807) is 18.3 Å². The standard InChI is InChI=1S/C16H22N2O2/c19-15-9-3-4-10-17(15)12-16(20)18-11-5-7-13-6-1-2-8-14(13)18/h3-4,9-10,13-14H,1-2,5-8,11-12H2/t13-,14-/m1/s1. The second kappa shape index (κ2) is 5.81. The third kappa shape index (κ3) is 2.65. The zero-order valence-electron chi connectivity index (χ0n) is 11.8. The number of likely N-dealkylation sites (tertiary alicyclic amines) is 1. The van der Waals surface area contributed by atoms with Crippen LogP contribution in [0.3, 0.4) is 0 Å². The molecule has 1 aliphatic heterocycles. The van der Waals surface area contributed by atoms with Gasteiger partial charge >= 0.3 is 0 Å². The molecule has 1 saturated carbocycles. The van der Waals surface area contributed by atoms with Crippen LogP contribution in [0.5, 0.6) is 0 Å². The number of amides is 1. The van der Waals surface area contributed by atoms with Crippen molar-refractivity contribution in [2.75, 3.05) is 6.54 Å². The summed E-state index contributed by atoms with van der Waals surface area (Å²) in [4.78, 5) is 26.3. The highest BCUT2D eigenvalue weighted by Crippen LogP contribution is 2.35. The number of fused-ring (bicyclic) bond motifs is 1. The molecule has 1 aromatic rings. The van der Waals surface area contributed by atoms with Crippen LogP contribution < -0.4 is 5.56 Å². The van der Waals surface area contributed by atoms with Crippen molar-refractivity contribution >= 4 is 5.91 Å². The maximum Gasteiger partial charge on any atom is 0.250 e. The van der Waals surface area contributed by atoms with E-state index in [4.69, 9.17) is 0 Å². The lowest BCUT2D eigenvalue weighted by Crippen LogP contribution is -2.51. The monoisotopic (exact) mass is 274 g/mol. The van der Waals surface area contributed by atoms with Crippen molar-refractivity contribution < 1.29 is 4.79 Å². The maximum atomic E-state index is 12.5. The topological polar surface area (TPSA) is 42.3 Å². The zero-order chi connectivity index (χ0) is 13.9. The summed E-state index contributed by atoms with van der Waals surface area (Å²) in [7, 11) is 0. The number of carbonyl (C=O) groups excluding carboxylic acids is 1. The van der Waals surface area contributed by atoms with E-state index in [9.17, 15) is 9.59 Å². The lowest BCUT2D eigenvalue weighted by Gasteiger charge is -2.44. The molecule has 4 heteroatoms. The molecule has 3 rings (SSSR count). The van der Waals surface area contributed by atoms with Gasteiger partial charge in [0.25, 0.3) is 5.56 Å². The van der Waals surface area contributed by atoms with Gasteiger partial charge in [0, 0.05) is 24.8 Å². The highest BCUT2D eigenvalue weighted by Gasteiger charge is 2.35. The number of aromatic nitrogens is 1. The van der Waals surface area contributed by atoms with Gasteiger partial charge in [0.1, 0.15) is 6.54 Å². The molecule has 0 aromatic carbocycles. The summed E-state index contributed by atoms with van der Waals surface area (Å²) in [6.45, 7) is 1.05. The third-order valence-corrected chi connectivity index (χ3v) is 4.77. The van der Waals surface area contributed by atoms with E-state index >= 15 is 0 Å². The summed E-state index contributed by atoms with van der Waals surface area (Å²) < 4.78 is 1.51. The number of piperidine rings is 1. The van der Waals surface area contributed by atoms with Gasteiger partial charge < -0.3 is 9.47 Å². The lowest BCUT2D eigenvalue weighted by molar-refractivity contribution is -0.138. The molecule has 4 nitrogen and oxygen atoms in total. The lowest BCUT2D eigenvalue weighted by atomic mass is 9.78. The highest BCUT2D eigenvalue weighted by molar-refractivity contribution is 5.76. The molecular weight excluding hydrogens is 252 g/mol. The normalized spacial score (nSPS) is 26.1. The molecule has 20 heavy (non-hydrogen) atoms. The number of hydrogen-bond acceptors (Lipinski definition) is 2. The van der Waals surface area contributed by atoms with Gasteiger partial charge in [-0.15, -0.1) is 0 Å². The number of rotatable bonds is 2. The van der Waals surface area contributed by atoms with Crippen LogP contribution in [0.15, 0.2) is 29.2 Å². The summed E-state index contributed by atoms with van der Waals surface area (Å²) in [5.41, 5.74) is -0.0990. The van der Waals surface area contributed by atoms with Gasteiger partial charge in [-0.1, -0.05) is 18.9 Å². The molecule has 2 atom stereocenters. The Morgan fingerprint density at radius 1 is 1.15 bits per heavy atom. The predicted molar refractivity (Wildman–Crippen MR) is 77.4 cm³/mol. The molecule has 2 aliphatic rings. The summed E-state index contributed by atoms with van der Waals surface area (Å²) in [6.07, 6.45) is 9.01. The van der Waals surface area contributed by atoms with Crippen LogP contribution in [-0.2, 0) is 11.3 Å². The Hall–Kier alpha value is -1.58. The maximum absolute atomic E-state index is 12.5. The number of pyridine rings is 1. The fraction of sp³-hybridized carbons (Fsp3) is 0.625. The summed E-state index contributed by atoms with van der Waals surface area (Å²) in [6, 6.07) is 5.44. The van der Waals surface area contributed by atoms with Crippen molar-refractivity contribution in [3.8, 4) is 0 Å². The molecule has 1 amide bonds. The fourth-order valence-electron chi connectivity index (χ4n) is 3.76. The van der Waals surface area contributed by atoms with Gasteiger partial charge in [0.2, 0.25) is 5.91 Å². The number of carbonyl (C=O) groups is 1. The minimum atomic E-state index is -0.0990. The number of nitrogens with zero attached hydrogens (tertiary/aromatic N) is 2. The molecule has 2 fully saturated rings. The van der Waals surface area contributed by atoms with Gasteiger partial charge in [0.05, 0.1) is 0 Å². The van der Waals surface area contributed by atoms with Gasteiger partial charge in [-0.2, -0.15) is 0 Å². The molecule has 0 bridgehead atoms. The largest absolute Gasteiger partial charge is 0.338 e. The fourth-order valence-corrected chi connectivity index (χ4v) is 3.76. The van der Waals surface area contributed by atoms with Crippen LogP contribution in [0.1, 0.15) is 38.5 Å². The Bertz CT molecular complexity index is 535. The minimum absolute atomic E-state index is 0.0990. The second-order valence-corrected chi connectivity index (χ2v) is 6.01. The van der Waals surface area contributed by atoms with E-state index in [-0.39, 0.29) is 18.0 Å². The molecule has 1 saturated heterocycles. The van der Waals surface area contributed by atoms with Crippen LogP contribution in [-0.4, -0.2) is 28.0 Å². The first-order valence-corrected chi connectivity index (χ1v) is 7.70. The smallest absolute Gasteiger partial charge is 0.250 e. The van der Waals surface area contributed by atoms with E-state index < -0.39 is 0 Å². The molecule has 108 valence electrons. The highest BCUT2D eigenvalue weighted by atomic mass is 16.2. The molecule has 0 unspecified atom stereocenters. The van der Waals surface area contributed by atoms with Crippen LogP contribution in [0.4, 0.5) is 0 Å². The zero-order valence-corrected chi connectivity index (χ0v) is 11.8. The molecule has 1 aliphatic carbocycles. The molecule has 2 heterocycles. The average molecular weight is 274 g/mol. The minimum Gasteiger partial charge on any atom is -0.338 e. The van der Waals surface area contributed by atoms with Crippen molar-refractivity contribution in [3.63, 3.8) is 0 Å². The average Bonchev–Trinajstić information content (AvgIpc) is 2.49. The van der Waals surface area contributed by atoms with Crippen LogP contribution in [0.2, 0.25) is 0 Å². The van der Waals surface area contributed by atoms with E-state index in [0.29, 0.717) is 12.0 Å². The second-order valence-electron chi connectivity index (χ2n) is 6.01. The first-order valence-electron chi connectivity index (χ1n) is 7.70. The summed E-state index contributed by atoms with van der Waals surface area (Å²) in [5, 5.41) is 0. The molecular formula is C16H22N2O2. The molecule has 0 N–H and O–H groups in total. The Balaban J connectivity index is 1.73. The first kappa shape index (κ1) is 13.4. The predicted octanol–water partition coefficient (Wildman–Crippen LogP) is 2.03. The summed E-state index contributed by atoms with van der Waals surface area (Å²) >= 11 is 0. The van der Waals surface area contributed by atoms with Crippen molar-refractivity contribution in [1.82, 2.24) is 9.47 Å². The van der Waals surface area contributed by atoms with Crippen molar-refractivity contribution in [2.24, 2.45) is 5.92 Å². The first-order chi connectivity index (χ1) is 9.75.